The Kier molecular flexibility index (Phi) is 3.42. The number of hydrogen-bond donors (Lipinski definition) is 1. The van der Waals surface area contributed by atoms with Gasteiger partial charge in [0.05, 0.1) is 4.92 Å². The summed E-state index contributed by atoms with van der Waals surface area (Å²) < 4.78 is 0. The van der Waals surface area contributed by atoms with Crippen LogP contribution in [0.2, 0.25) is 0 Å². The summed E-state index contributed by atoms with van der Waals surface area (Å²) in [6, 6.07) is 6.48. The Bertz CT molecular complexity index is 343. The number of rotatable bonds is 4. The first-order valence-electron chi connectivity index (χ1n) is 4.83. The molecule has 1 aromatic carbocycles. The van der Waals surface area contributed by atoms with E-state index in [4.69, 9.17) is 5.11 Å². The highest BCUT2D eigenvalue weighted by Gasteiger charge is 2.20. The molecule has 0 amide bonds. The highest BCUT2D eigenvalue weighted by atomic mass is 16.6. The number of hydrogen-bond acceptors (Lipinski definition) is 3. The molecule has 0 aliphatic rings. The van der Waals surface area contributed by atoms with E-state index in [0.717, 1.165) is 5.56 Å². The van der Waals surface area contributed by atoms with Crippen molar-refractivity contribution in [1.29, 1.82) is 0 Å². The number of non-ortho nitro benzene ring substituents is 1. The summed E-state index contributed by atoms with van der Waals surface area (Å²) in [5.74, 6) is 0. The van der Waals surface area contributed by atoms with Crippen molar-refractivity contribution in [3.8, 4) is 0 Å². The molecule has 4 heteroatoms. The van der Waals surface area contributed by atoms with Gasteiger partial charge in [-0.05, 0) is 17.4 Å². The van der Waals surface area contributed by atoms with Crippen molar-refractivity contribution in [3.05, 3.63) is 39.9 Å². The predicted octanol–water partition coefficient (Wildman–Crippen LogP) is 2.25. The van der Waals surface area contributed by atoms with Crippen molar-refractivity contribution in [3.63, 3.8) is 0 Å². The molecule has 0 radical (unpaired) electrons. The number of nitrogens with zero attached hydrogens (tertiary/aromatic N) is 1. The van der Waals surface area contributed by atoms with E-state index in [1.807, 2.05) is 13.8 Å². The van der Waals surface area contributed by atoms with Gasteiger partial charge in [-0.25, -0.2) is 0 Å². The number of nitro benzene ring substituents is 1. The van der Waals surface area contributed by atoms with Crippen LogP contribution in [0.15, 0.2) is 24.3 Å². The minimum absolute atomic E-state index is 0.0959. The summed E-state index contributed by atoms with van der Waals surface area (Å²) in [4.78, 5) is 10.0. The van der Waals surface area contributed by atoms with Crippen LogP contribution in [0.4, 0.5) is 5.69 Å². The maximum Gasteiger partial charge on any atom is 0.269 e. The first-order chi connectivity index (χ1) is 6.97. The van der Waals surface area contributed by atoms with E-state index in [1.165, 1.54) is 12.1 Å². The Hall–Kier alpha value is -1.42. The van der Waals surface area contributed by atoms with Gasteiger partial charge in [-0.15, -0.1) is 0 Å². The van der Waals surface area contributed by atoms with E-state index in [2.05, 4.69) is 0 Å². The minimum Gasteiger partial charge on any atom is -0.396 e. The fourth-order valence-corrected chi connectivity index (χ4v) is 1.46. The summed E-state index contributed by atoms with van der Waals surface area (Å²) in [7, 11) is 0. The molecule has 0 aliphatic carbocycles. The summed E-state index contributed by atoms with van der Waals surface area (Å²) in [6.07, 6.45) is 0.644. The molecule has 0 saturated heterocycles. The van der Waals surface area contributed by atoms with Gasteiger partial charge in [0.15, 0.2) is 0 Å². The van der Waals surface area contributed by atoms with Gasteiger partial charge >= 0.3 is 0 Å². The minimum atomic E-state index is -0.414. The van der Waals surface area contributed by atoms with Crippen molar-refractivity contribution in [2.24, 2.45) is 0 Å². The SMILES string of the molecule is CC(C)(CCO)c1ccc([N+](=O)[O-])cc1. The van der Waals surface area contributed by atoms with Crippen LogP contribution in [-0.4, -0.2) is 16.6 Å². The Morgan fingerprint density at radius 2 is 1.87 bits per heavy atom. The Labute approximate surface area is 88.7 Å². The van der Waals surface area contributed by atoms with E-state index < -0.39 is 4.92 Å². The third-order valence-electron chi connectivity index (χ3n) is 2.60. The number of nitro groups is 1. The molecular formula is C11H15NO3. The van der Waals surface area contributed by atoms with Crippen LogP contribution in [0, 0.1) is 10.1 Å². The third kappa shape index (κ3) is 2.76. The molecule has 0 saturated carbocycles. The predicted molar refractivity (Wildman–Crippen MR) is 57.8 cm³/mol. The van der Waals surface area contributed by atoms with E-state index in [0.29, 0.717) is 6.42 Å². The second-order valence-corrected chi connectivity index (χ2v) is 4.16. The standard InChI is InChI=1S/C11H15NO3/c1-11(2,7-8-13)9-3-5-10(6-4-9)12(14)15/h3-6,13H,7-8H2,1-2H3. The summed E-state index contributed by atoms with van der Waals surface area (Å²) in [5.41, 5.74) is 0.949. The highest BCUT2D eigenvalue weighted by Crippen LogP contribution is 2.27. The molecule has 1 aromatic rings. The molecule has 15 heavy (non-hydrogen) atoms. The zero-order chi connectivity index (χ0) is 11.5. The van der Waals surface area contributed by atoms with Crippen LogP contribution in [0.5, 0.6) is 0 Å². The highest BCUT2D eigenvalue weighted by molar-refractivity contribution is 5.35. The maximum absolute atomic E-state index is 10.5. The van der Waals surface area contributed by atoms with Crippen molar-refractivity contribution < 1.29 is 10.0 Å². The average molecular weight is 209 g/mol. The molecule has 4 nitrogen and oxygen atoms in total. The average Bonchev–Trinajstić information content (AvgIpc) is 2.18. The van der Waals surface area contributed by atoms with Gasteiger partial charge in [0, 0.05) is 18.7 Å². The van der Waals surface area contributed by atoms with Crippen molar-refractivity contribution in [2.45, 2.75) is 25.7 Å². The zero-order valence-corrected chi connectivity index (χ0v) is 8.93. The van der Waals surface area contributed by atoms with Crippen LogP contribution in [0.3, 0.4) is 0 Å². The van der Waals surface area contributed by atoms with E-state index in [9.17, 15) is 10.1 Å². The fourth-order valence-electron chi connectivity index (χ4n) is 1.46. The third-order valence-corrected chi connectivity index (χ3v) is 2.60. The van der Waals surface area contributed by atoms with E-state index >= 15 is 0 Å². The summed E-state index contributed by atoms with van der Waals surface area (Å²) in [6.45, 7) is 4.12. The fraction of sp³-hybridized carbons (Fsp3) is 0.455. The van der Waals surface area contributed by atoms with Crippen LogP contribution in [0.25, 0.3) is 0 Å². The van der Waals surface area contributed by atoms with E-state index in [1.54, 1.807) is 12.1 Å². The quantitative estimate of drug-likeness (QED) is 0.611. The molecule has 0 bridgehead atoms. The number of benzene rings is 1. The van der Waals surface area contributed by atoms with Crippen LogP contribution < -0.4 is 0 Å². The van der Waals surface area contributed by atoms with E-state index in [-0.39, 0.29) is 17.7 Å². The topological polar surface area (TPSA) is 63.4 Å². The Morgan fingerprint density at radius 1 is 1.33 bits per heavy atom. The van der Waals surface area contributed by atoms with Crippen molar-refractivity contribution in [1.82, 2.24) is 0 Å². The molecular weight excluding hydrogens is 194 g/mol. The Morgan fingerprint density at radius 3 is 2.27 bits per heavy atom. The molecule has 0 aromatic heterocycles. The first kappa shape index (κ1) is 11.7. The van der Waals surface area contributed by atoms with Crippen molar-refractivity contribution >= 4 is 5.69 Å². The van der Waals surface area contributed by atoms with Gasteiger partial charge in [-0.2, -0.15) is 0 Å². The van der Waals surface area contributed by atoms with Crippen molar-refractivity contribution in [2.75, 3.05) is 6.61 Å². The van der Waals surface area contributed by atoms with Gasteiger partial charge < -0.3 is 5.11 Å². The molecule has 0 unspecified atom stereocenters. The molecule has 0 heterocycles. The second-order valence-electron chi connectivity index (χ2n) is 4.16. The van der Waals surface area contributed by atoms with Gasteiger partial charge in [-0.3, -0.25) is 10.1 Å². The monoisotopic (exact) mass is 209 g/mol. The van der Waals surface area contributed by atoms with Crippen LogP contribution in [0.1, 0.15) is 25.8 Å². The lowest BCUT2D eigenvalue weighted by atomic mass is 9.82. The lowest BCUT2D eigenvalue weighted by molar-refractivity contribution is -0.384. The largest absolute Gasteiger partial charge is 0.396 e. The van der Waals surface area contributed by atoms with Gasteiger partial charge in [-0.1, -0.05) is 26.0 Å². The first-order valence-corrected chi connectivity index (χ1v) is 4.83. The number of aliphatic hydroxyl groups excluding tert-OH is 1. The van der Waals surface area contributed by atoms with Gasteiger partial charge in [0.2, 0.25) is 0 Å². The lowest BCUT2D eigenvalue weighted by Gasteiger charge is -2.23. The molecule has 0 spiro atoms. The van der Waals surface area contributed by atoms with Crippen LogP contribution in [-0.2, 0) is 5.41 Å². The molecule has 82 valence electrons. The lowest BCUT2D eigenvalue weighted by Crippen LogP contribution is -2.18. The molecule has 0 fully saturated rings. The smallest absolute Gasteiger partial charge is 0.269 e. The normalized spacial score (nSPS) is 11.4. The second kappa shape index (κ2) is 4.40. The van der Waals surface area contributed by atoms with Crippen LogP contribution >= 0.6 is 0 Å². The molecule has 1 N–H and O–H groups in total. The Balaban J connectivity index is 2.93. The molecule has 0 aliphatic heterocycles. The summed E-state index contributed by atoms with van der Waals surface area (Å²) in [5, 5.41) is 19.4. The van der Waals surface area contributed by atoms with Gasteiger partial charge in [0.25, 0.3) is 5.69 Å². The maximum atomic E-state index is 10.5. The number of aliphatic hydroxyl groups is 1. The summed E-state index contributed by atoms with van der Waals surface area (Å²) >= 11 is 0. The molecule has 1 rings (SSSR count). The zero-order valence-electron chi connectivity index (χ0n) is 8.93. The molecule has 0 atom stereocenters. The van der Waals surface area contributed by atoms with Gasteiger partial charge in [0.1, 0.15) is 0 Å².